The summed E-state index contributed by atoms with van der Waals surface area (Å²) in [6, 6.07) is 14.2. The van der Waals surface area contributed by atoms with E-state index in [4.69, 9.17) is 5.73 Å². The van der Waals surface area contributed by atoms with E-state index in [-0.39, 0.29) is 4.90 Å². The van der Waals surface area contributed by atoms with Gasteiger partial charge in [-0.1, -0.05) is 24.3 Å². The van der Waals surface area contributed by atoms with Crippen LogP contribution in [0.2, 0.25) is 0 Å². The average molecular weight is 291 g/mol. The largest absolute Gasteiger partial charge is 0.398 e. The van der Waals surface area contributed by atoms with Gasteiger partial charge in [0, 0.05) is 17.9 Å². The van der Waals surface area contributed by atoms with Crippen LogP contribution in [0.3, 0.4) is 0 Å². The van der Waals surface area contributed by atoms with E-state index < -0.39 is 10.0 Å². The van der Waals surface area contributed by atoms with Crippen LogP contribution in [0, 0.1) is 0 Å². The molecule has 20 heavy (non-hydrogen) atoms. The maximum atomic E-state index is 11.7. The van der Waals surface area contributed by atoms with Gasteiger partial charge in [-0.3, -0.25) is 0 Å². The number of nitrogens with one attached hydrogen (secondary N) is 2. The third-order valence-electron chi connectivity index (χ3n) is 2.95. The molecule has 2 aromatic carbocycles. The maximum Gasteiger partial charge on any atom is 0.240 e. The fourth-order valence-electron chi connectivity index (χ4n) is 1.78. The van der Waals surface area contributed by atoms with Crippen molar-refractivity contribution < 1.29 is 8.42 Å². The molecule has 0 radical (unpaired) electrons. The van der Waals surface area contributed by atoms with Gasteiger partial charge in [0.25, 0.3) is 0 Å². The minimum atomic E-state index is -3.43. The first-order valence-electron chi connectivity index (χ1n) is 6.14. The summed E-state index contributed by atoms with van der Waals surface area (Å²) < 4.78 is 25.7. The Morgan fingerprint density at radius 3 is 2.55 bits per heavy atom. The molecule has 0 aliphatic heterocycles. The van der Waals surface area contributed by atoms with Crippen molar-refractivity contribution in [3.8, 4) is 0 Å². The molecule has 0 unspecified atom stereocenters. The van der Waals surface area contributed by atoms with Gasteiger partial charge in [0.05, 0.1) is 4.90 Å². The van der Waals surface area contributed by atoms with Crippen LogP contribution in [0.15, 0.2) is 53.4 Å². The Kier molecular flexibility index (Phi) is 4.26. The van der Waals surface area contributed by atoms with Gasteiger partial charge in [-0.15, -0.1) is 0 Å². The van der Waals surface area contributed by atoms with Crippen LogP contribution in [0.5, 0.6) is 0 Å². The lowest BCUT2D eigenvalue weighted by atomic mass is 10.2. The highest BCUT2D eigenvalue weighted by Crippen LogP contribution is 2.17. The standard InChI is InChI=1S/C14H17N3O2S/c1-16-20(18,19)13-7-4-6-12(9-13)17-10-11-5-2-3-8-14(11)15/h2-9,16-17H,10,15H2,1H3. The summed E-state index contributed by atoms with van der Waals surface area (Å²) in [6.07, 6.45) is 0. The van der Waals surface area contributed by atoms with E-state index in [1.54, 1.807) is 18.2 Å². The van der Waals surface area contributed by atoms with Crippen molar-refractivity contribution in [1.82, 2.24) is 4.72 Å². The van der Waals surface area contributed by atoms with E-state index in [1.165, 1.54) is 7.05 Å². The molecule has 0 aliphatic carbocycles. The lowest BCUT2D eigenvalue weighted by Crippen LogP contribution is -2.18. The highest BCUT2D eigenvalue weighted by Gasteiger charge is 2.11. The first kappa shape index (κ1) is 14.4. The Bertz CT molecular complexity index is 699. The molecule has 0 bridgehead atoms. The summed E-state index contributed by atoms with van der Waals surface area (Å²) in [4.78, 5) is 0.228. The van der Waals surface area contributed by atoms with Gasteiger partial charge in [-0.2, -0.15) is 0 Å². The van der Waals surface area contributed by atoms with E-state index in [0.29, 0.717) is 12.2 Å². The predicted molar refractivity (Wildman–Crippen MR) is 80.9 cm³/mol. The molecule has 4 N–H and O–H groups in total. The quantitative estimate of drug-likeness (QED) is 0.733. The lowest BCUT2D eigenvalue weighted by molar-refractivity contribution is 0.588. The SMILES string of the molecule is CNS(=O)(=O)c1cccc(NCc2ccccc2N)c1. The molecule has 0 saturated heterocycles. The monoisotopic (exact) mass is 291 g/mol. The van der Waals surface area contributed by atoms with E-state index >= 15 is 0 Å². The fraction of sp³-hybridized carbons (Fsp3) is 0.143. The van der Waals surface area contributed by atoms with Gasteiger partial charge in [-0.25, -0.2) is 13.1 Å². The molecule has 0 spiro atoms. The minimum absolute atomic E-state index is 0.228. The van der Waals surface area contributed by atoms with E-state index in [0.717, 1.165) is 11.3 Å². The summed E-state index contributed by atoms with van der Waals surface area (Å²) in [5.74, 6) is 0. The first-order chi connectivity index (χ1) is 9.53. The number of nitrogens with two attached hydrogens (primary N) is 1. The molecular weight excluding hydrogens is 274 g/mol. The molecule has 0 aromatic heterocycles. The number of sulfonamides is 1. The second-order valence-electron chi connectivity index (χ2n) is 4.29. The Morgan fingerprint density at radius 1 is 1.10 bits per heavy atom. The number of nitrogen functional groups attached to an aromatic ring is 1. The second-order valence-corrected chi connectivity index (χ2v) is 6.17. The van der Waals surface area contributed by atoms with Crippen LogP contribution in [0.1, 0.15) is 5.56 Å². The topological polar surface area (TPSA) is 84.2 Å². The molecule has 0 saturated carbocycles. The number of benzene rings is 2. The molecule has 0 amide bonds. The molecule has 0 aliphatic rings. The molecule has 0 fully saturated rings. The van der Waals surface area contributed by atoms with Crippen molar-refractivity contribution in [2.75, 3.05) is 18.1 Å². The Morgan fingerprint density at radius 2 is 1.85 bits per heavy atom. The summed E-state index contributed by atoms with van der Waals surface area (Å²) in [7, 11) is -2.04. The number of rotatable bonds is 5. The minimum Gasteiger partial charge on any atom is -0.398 e. The Hall–Kier alpha value is -2.05. The molecule has 106 valence electrons. The molecule has 0 heterocycles. The van der Waals surface area contributed by atoms with Crippen molar-refractivity contribution in [3.63, 3.8) is 0 Å². The first-order valence-corrected chi connectivity index (χ1v) is 7.62. The smallest absolute Gasteiger partial charge is 0.240 e. The third-order valence-corrected chi connectivity index (χ3v) is 4.36. The highest BCUT2D eigenvalue weighted by atomic mass is 32.2. The number of para-hydroxylation sites is 1. The number of hydrogen-bond donors (Lipinski definition) is 3. The summed E-state index contributed by atoms with van der Waals surface area (Å²) >= 11 is 0. The van der Waals surface area contributed by atoms with Gasteiger partial charge in [0.15, 0.2) is 0 Å². The zero-order chi connectivity index (χ0) is 14.6. The Balaban J connectivity index is 2.15. The fourth-order valence-corrected chi connectivity index (χ4v) is 2.56. The van der Waals surface area contributed by atoms with Crippen LogP contribution in [-0.2, 0) is 16.6 Å². The van der Waals surface area contributed by atoms with Crippen molar-refractivity contribution >= 4 is 21.4 Å². The van der Waals surface area contributed by atoms with Gasteiger partial charge in [0.2, 0.25) is 10.0 Å². The number of anilines is 2. The highest BCUT2D eigenvalue weighted by molar-refractivity contribution is 7.89. The van der Waals surface area contributed by atoms with Crippen LogP contribution >= 0.6 is 0 Å². The van der Waals surface area contributed by atoms with Crippen LogP contribution in [0.25, 0.3) is 0 Å². The van der Waals surface area contributed by atoms with Crippen molar-refractivity contribution in [2.45, 2.75) is 11.4 Å². The van der Waals surface area contributed by atoms with Crippen molar-refractivity contribution in [2.24, 2.45) is 0 Å². The second kappa shape index (κ2) is 5.94. The van der Waals surface area contributed by atoms with E-state index in [1.807, 2.05) is 30.3 Å². The van der Waals surface area contributed by atoms with Crippen LogP contribution in [0.4, 0.5) is 11.4 Å². The van der Waals surface area contributed by atoms with Gasteiger partial charge in [-0.05, 0) is 36.9 Å². The molecule has 6 heteroatoms. The zero-order valence-corrected chi connectivity index (χ0v) is 11.9. The molecule has 2 rings (SSSR count). The van der Waals surface area contributed by atoms with Crippen LogP contribution in [-0.4, -0.2) is 15.5 Å². The maximum absolute atomic E-state index is 11.7. The average Bonchev–Trinajstić information content (AvgIpc) is 2.47. The summed E-state index contributed by atoms with van der Waals surface area (Å²) in [5, 5.41) is 3.17. The Labute approximate surface area is 118 Å². The molecule has 2 aromatic rings. The number of hydrogen-bond acceptors (Lipinski definition) is 4. The van der Waals surface area contributed by atoms with Gasteiger partial charge in [0.1, 0.15) is 0 Å². The van der Waals surface area contributed by atoms with E-state index in [2.05, 4.69) is 10.0 Å². The zero-order valence-electron chi connectivity index (χ0n) is 11.1. The van der Waals surface area contributed by atoms with Crippen molar-refractivity contribution in [3.05, 3.63) is 54.1 Å². The summed E-state index contributed by atoms with van der Waals surface area (Å²) in [5.41, 5.74) is 8.26. The van der Waals surface area contributed by atoms with Gasteiger partial charge < -0.3 is 11.1 Å². The van der Waals surface area contributed by atoms with Crippen molar-refractivity contribution in [1.29, 1.82) is 0 Å². The normalized spacial score (nSPS) is 11.2. The van der Waals surface area contributed by atoms with E-state index in [9.17, 15) is 8.42 Å². The van der Waals surface area contributed by atoms with Crippen LogP contribution < -0.4 is 15.8 Å². The molecular formula is C14H17N3O2S. The third kappa shape index (κ3) is 3.28. The summed E-state index contributed by atoms with van der Waals surface area (Å²) in [6.45, 7) is 0.537. The van der Waals surface area contributed by atoms with Gasteiger partial charge >= 0.3 is 0 Å². The molecule has 0 atom stereocenters. The predicted octanol–water partition coefficient (Wildman–Crippen LogP) is 1.79. The lowest BCUT2D eigenvalue weighted by Gasteiger charge is -2.10. The molecule has 5 nitrogen and oxygen atoms in total.